The molecule has 0 amide bonds. The van der Waals surface area contributed by atoms with Crippen LogP contribution in [0.1, 0.15) is 12.5 Å². The molecule has 1 N–H and O–H groups in total. The van der Waals surface area contributed by atoms with E-state index in [1.807, 2.05) is 24.4 Å². The van der Waals surface area contributed by atoms with Crippen molar-refractivity contribution < 1.29 is 9.53 Å². The Kier molecular flexibility index (Phi) is 4.31. The van der Waals surface area contributed by atoms with E-state index in [-0.39, 0.29) is 11.2 Å². The lowest BCUT2D eigenvalue weighted by Gasteiger charge is -2.12. The van der Waals surface area contributed by atoms with Gasteiger partial charge in [0.15, 0.2) is 0 Å². The van der Waals surface area contributed by atoms with Gasteiger partial charge in [-0.1, -0.05) is 25.1 Å². The van der Waals surface area contributed by atoms with Gasteiger partial charge in [-0.05, 0) is 23.8 Å². The first-order valence-corrected chi connectivity index (χ1v) is 7.05. The molecule has 1 aromatic heterocycles. The number of methoxy groups -OCH3 is 1. The monoisotopic (exact) mass is 263 g/mol. The number of aromatic nitrogens is 1. The number of ether oxygens (including phenoxy) is 1. The molecule has 2 rings (SSSR count). The Morgan fingerprint density at radius 3 is 2.94 bits per heavy atom. The van der Waals surface area contributed by atoms with Crippen molar-refractivity contribution in [2.24, 2.45) is 0 Å². The first-order valence-electron chi connectivity index (χ1n) is 6.00. The Labute approximate surface area is 111 Å². The van der Waals surface area contributed by atoms with Gasteiger partial charge in [-0.2, -0.15) is 0 Å². The topological polar surface area (TPSA) is 42.1 Å². The summed E-state index contributed by atoms with van der Waals surface area (Å²) >= 11 is 1.63. The molecule has 0 aliphatic heterocycles. The van der Waals surface area contributed by atoms with Crippen molar-refractivity contribution in [2.45, 2.75) is 18.6 Å². The van der Waals surface area contributed by atoms with E-state index in [0.717, 1.165) is 11.3 Å². The van der Waals surface area contributed by atoms with E-state index in [4.69, 9.17) is 4.74 Å². The van der Waals surface area contributed by atoms with Crippen LogP contribution in [0.4, 0.5) is 0 Å². The highest BCUT2D eigenvalue weighted by atomic mass is 32.2. The molecule has 0 spiro atoms. The van der Waals surface area contributed by atoms with Crippen molar-refractivity contribution >= 4 is 28.6 Å². The Morgan fingerprint density at radius 2 is 2.22 bits per heavy atom. The normalized spacial score (nSPS) is 12.6. The molecule has 0 aliphatic rings. The molecule has 0 saturated carbocycles. The SMILES string of the molecule is CCS[C@H](Cc1c[nH]c2ccccc12)C(=O)OC. The molecular weight excluding hydrogens is 246 g/mol. The second kappa shape index (κ2) is 5.96. The van der Waals surface area contributed by atoms with E-state index in [1.165, 1.54) is 18.1 Å². The molecule has 1 aromatic carbocycles. The number of benzene rings is 1. The maximum Gasteiger partial charge on any atom is 0.319 e. The average molecular weight is 263 g/mol. The summed E-state index contributed by atoms with van der Waals surface area (Å²) in [6, 6.07) is 8.13. The van der Waals surface area contributed by atoms with Gasteiger partial charge in [0.2, 0.25) is 0 Å². The Bertz CT molecular complexity index is 535. The molecule has 3 nitrogen and oxygen atoms in total. The van der Waals surface area contributed by atoms with E-state index >= 15 is 0 Å². The third-order valence-electron chi connectivity index (χ3n) is 2.91. The Morgan fingerprint density at radius 1 is 1.44 bits per heavy atom. The molecule has 0 bridgehead atoms. The molecule has 0 unspecified atom stereocenters. The van der Waals surface area contributed by atoms with Crippen molar-refractivity contribution in [3.63, 3.8) is 0 Å². The summed E-state index contributed by atoms with van der Waals surface area (Å²) in [5.41, 5.74) is 2.28. The molecule has 0 saturated heterocycles. The van der Waals surface area contributed by atoms with E-state index in [9.17, 15) is 4.79 Å². The molecular formula is C14H17NO2S. The van der Waals surface area contributed by atoms with Gasteiger partial charge in [0.05, 0.1) is 7.11 Å². The van der Waals surface area contributed by atoms with Crippen molar-refractivity contribution in [3.05, 3.63) is 36.0 Å². The number of carbonyl (C=O) groups excluding carboxylic acids is 1. The molecule has 4 heteroatoms. The number of para-hydroxylation sites is 1. The van der Waals surface area contributed by atoms with Gasteiger partial charge < -0.3 is 9.72 Å². The summed E-state index contributed by atoms with van der Waals surface area (Å²) in [5.74, 6) is 0.759. The number of thioether (sulfide) groups is 1. The highest BCUT2D eigenvalue weighted by Crippen LogP contribution is 2.23. The smallest absolute Gasteiger partial charge is 0.319 e. The van der Waals surface area contributed by atoms with Crippen LogP contribution in [-0.4, -0.2) is 29.1 Å². The summed E-state index contributed by atoms with van der Waals surface area (Å²) in [6.45, 7) is 2.05. The van der Waals surface area contributed by atoms with Gasteiger partial charge >= 0.3 is 5.97 Å². The predicted octanol–water partition coefficient (Wildman–Crippen LogP) is 3.01. The highest BCUT2D eigenvalue weighted by molar-refractivity contribution is 8.00. The minimum atomic E-state index is -0.146. The maximum absolute atomic E-state index is 11.7. The Hall–Kier alpha value is -1.42. The molecule has 96 valence electrons. The van der Waals surface area contributed by atoms with Crippen LogP contribution in [0.15, 0.2) is 30.5 Å². The van der Waals surface area contributed by atoms with E-state index in [2.05, 4.69) is 18.0 Å². The minimum Gasteiger partial charge on any atom is -0.468 e. The van der Waals surface area contributed by atoms with Crippen molar-refractivity contribution in [1.82, 2.24) is 4.98 Å². The van der Waals surface area contributed by atoms with Gasteiger partial charge in [-0.15, -0.1) is 11.8 Å². The fourth-order valence-electron chi connectivity index (χ4n) is 2.04. The van der Waals surface area contributed by atoms with Crippen LogP contribution in [-0.2, 0) is 16.0 Å². The van der Waals surface area contributed by atoms with E-state index in [0.29, 0.717) is 6.42 Å². The lowest BCUT2D eigenvalue weighted by molar-refractivity contribution is -0.139. The fraction of sp³-hybridized carbons (Fsp3) is 0.357. The number of carbonyl (C=O) groups is 1. The van der Waals surface area contributed by atoms with Crippen molar-refractivity contribution in [2.75, 3.05) is 12.9 Å². The lowest BCUT2D eigenvalue weighted by atomic mass is 10.1. The summed E-state index contributed by atoms with van der Waals surface area (Å²) in [5, 5.41) is 1.06. The third-order valence-corrected chi connectivity index (χ3v) is 4.01. The van der Waals surface area contributed by atoms with Gasteiger partial charge in [-0.25, -0.2) is 0 Å². The first kappa shape index (κ1) is 13.0. The number of H-pyrrole nitrogens is 1. The summed E-state index contributed by atoms with van der Waals surface area (Å²) < 4.78 is 4.86. The zero-order valence-electron chi connectivity index (χ0n) is 10.6. The van der Waals surface area contributed by atoms with Gasteiger partial charge in [0.25, 0.3) is 0 Å². The predicted molar refractivity (Wildman–Crippen MR) is 75.9 cm³/mol. The molecule has 1 atom stereocenters. The second-order valence-corrected chi connectivity index (χ2v) is 5.51. The maximum atomic E-state index is 11.7. The zero-order chi connectivity index (χ0) is 13.0. The van der Waals surface area contributed by atoms with Crippen LogP contribution in [0, 0.1) is 0 Å². The van der Waals surface area contributed by atoms with Crippen LogP contribution in [0.25, 0.3) is 10.9 Å². The number of nitrogens with one attached hydrogen (secondary N) is 1. The molecule has 18 heavy (non-hydrogen) atoms. The van der Waals surface area contributed by atoms with Gasteiger partial charge in [0, 0.05) is 17.1 Å². The van der Waals surface area contributed by atoms with Crippen molar-refractivity contribution in [3.8, 4) is 0 Å². The van der Waals surface area contributed by atoms with Crippen LogP contribution >= 0.6 is 11.8 Å². The van der Waals surface area contributed by atoms with Crippen LogP contribution in [0.3, 0.4) is 0 Å². The highest BCUT2D eigenvalue weighted by Gasteiger charge is 2.20. The molecule has 0 radical (unpaired) electrons. The summed E-state index contributed by atoms with van der Waals surface area (Å²) in [4.78, 5) is 14.9. The molecule has 1 heterocycles. The third kappa shape index (κ3) is 2.70. The van der Waals surface area contributed by atoms with E-state index in [1.54, 1.807) is 11.8 Å². The number of aromatic amines is 1. The number of hydrogen-bond donors (Lipinski definition) is 1. The molecule has 2 aromatic rings. The quantitative estimate of drug-likeness (QED) is 0.843. The summed E-state index contributed by atoms with van der Waals surface area (Å²) in [6.07, 6.45) is 2.69. The Balaban J connectivity index is 2.23. The fourth-order valence-corrected chi connectivity index (χ4v) is 2.98. The molecule has 0 aliphatic carbocycles. The van der Waals surface area contributed by atoms with Gasteiger partial charge in [0.1, 0.15) is 5.25 Å². The summed E-state index contributed by atoms with van der Waals surface area (Å²) in [7, 11) is 1.45. The minimum absolute atomic E-state index is 0.126. The first-order chi connectivity index (χ1) is 8.76. The number of hydrogen-bond acceptors (Lipinski definition) is 3. The molecule has 0 fully saturated rings. The number of fused-ring (bicyclic) bond motifs is 1. The standard InChI is InChI=1S/C14H17NO2S/c1-3-18-13(14(16)17-2)8-10-9-15-12-7-5-4-6-11(10)12/h4-7,9,13,15H,3,8H2,1-2H3/t13-/m1/s1. The lowest BCUT2D eigenvalue weighted by Crippen LogP contribution is -2.21. The van der Waals surface area contributed by atoms with Crippen LogP contribution in [0.2, 0.25) is 0 Å². The average Bonchev–Trinajstić information content (AvgIpc) is 2.81. The number of rotatable bonds is 5. The van der Waals surface area contributed by atoms with E-state index < -0.39 is 0 Å². The largest absolute Gasteiger partial charge is 0.468 e. The van der Waals surface area contributed by atoms with Crippen LogP contribution in [0.5, 0.6) is 0 Å². The van der Waals surface area contributed by atoms with Crippen LogP contribution < -0.4 is 0 Å². The zero-order valence-corrected chi connectivity index (χ0v) is 11.4. The number of esters is 1. The second-order valence-electron chi connectivity index (χ2n) is 4.03. The van der Waals surface area contributed by atoms with Gasteiger partial charge in [-0.3, -0.25) is 4.79 Å². The van der Waals surface area contributed by atoms with Crippen molar-refractivity contribution in [1.29, 1.82) is 0 Å².